The average Bonchev–Trinajstić information content (AvgIpc) is 3.17. The lowest BCUT2D eigenvalue weighted by Crippen LogP contribution is -2.33. The fraction of sp³-hybridized carbons (Fsp3) is 0.444. The lowest BCUT2D eigenvalue weighted by Gasteiger charge is -2.30. The van der Waals surface area contributed by atoms with Gasteiger partial charge in [0.1, 0.15) is 12.4 Å². The SMILES string of the molecule is COc1ccc(N2CCc3ncnc(O[C@H]4CCN(C(=O)O)C4)c3C2)cn1. The van der Waals surface area contributed by atoms with Crippen molar-refractivity contribution in [3.63, 3.8) is 0 Å². The Labute approximate surface area is 156 Å². The van der Waals surface area contributed by atoms with E-state index in [1.165, 1.54) is 11.2 Å². The van der Waals surface area contributed by atoms with Crippen molar-refractivity contribution in [2.24, 2.45) is 0 Å². The van der Waals surface area contributed by atoms with Gasteiger partial charge < -0.3 is 24.4 Å². The van der Waals surface area contributed by atoms with Crippen molar-refractivity contribution in [3.05, 3.63) is 35.9 Å². The zero-order valence-corrected chi connectivity index (χ0v) is 15.0. The molecule has 0 aromatic carbocycles. The Morgan fingerprint density at radius 1 is 1.26 bits per heavy atom. The summed E-state index contributed by atoms with van der Waals surface area (Å²) in [5.41, 5.74) is 2.92. The van der Waals surface area contributed by atoms with Gasteiger partial charge in [0.2, 0.25) is 11.8 Å². The first-order valence-electron chi connectivity index (χ1n) is 8.86. The molecule has 0 saturated carbocycles. The molecule has 1 amide bonds. The smallest absolute Gasteiger partial charge is 0.407 e. The molecule has 9 heteroatoms. The van der Waals surface area contributed by atoms with E-state index in [0.717, 1.165) is 29.9 Å². The Kier molecular flexibility index (Phi) is 4.66. The zero-order valence-electron chi connectivity index (χ0n) is 15.0. The van der Waals surface area contributed by atoms with Gasteiger partial charge in [0.25, 0.3) is 0 Å². The average molecular weight is 371 g/mol. The van der Waals surface area contributed by atoms with Crippen LogP contribution in [0.5, 0.6) is 11.8 Å². The molecular formula is C18H21N5O4. The van der Waals surface area contributed by atoms with Crippen LogP contribution in [0.1, 0.15) is 17.7 Å². The second-order valence-corrected chi connectivity index (χ2v) is 6.59. The van der Waals surface area contributed by atoms with Crippen molar-refractivity contribution in [3.8, 4) is 11.8 Å². The number of pyridine rings is 1. The summed E-state index contributed by atoms with van der Waals surface area (Å²) in [5.74, 6) is 1.12. The van der Waals surface area contributed by atoms with Crippen molar-refractivity contribution in [2.45, 2.75) is 25.5 Å². The van der Waals surface area contributed by atoms with Gasteiger partial charge in [-0.1, -0.05) is 0 Å². The fourth-order valence-electron chi connectivity index (χ4n) is 3.47. The number of fused-ring (bicyclic) bond motifs is 1. The molecule has 1 saturated heterocycles. The highest BCUT2D eigenvalue weighted by Gasteiger charge is 2.30. The van der Waals surface area contributed by atoms with Gasteiger partial charge in [0, 0.05) is 32.0 Å². The Morgan fingerprint density at radius 3 is 2.85 bits per heavy atom. The molecule has 0 unspecified atom stereocenters. The van der Waals surface area contributed by atoms with E-state index in [2.05, 4.69) is 19.9 Å². The molecule has 4 rings (SSSR count). The summed E-state index contributed by atoms with van der Waals surface area (Å²) in [6, 6.07) is 3.81. The lowest BCUT2D eigenvalue weighted by molar-refractivity contribution is 0.144. The summed E-state index contributed by atoms with van der Waals surface area (Å²) in [7, 11) is 1.59. The molecule has 2 aromatic rings. The van der Waals surface area contributed by atoms with E-state index in [0.29, 0.717) is 37.8 Å². The van der Waals surface area contributed by atoms with Gasteiger partial charge in [0.05, 0.1) is 43.3 Å². The topological polar surface area (TPSA) is 101 Å². The molecule has 0 spiro atoms. The van der Waals surface area contributed by atoms with Crippen LogP contribution in [0.15, 0.2) is 24.7 Å². The summed E-state index contributed by atoms with van der Waals surface area (Å²) < 4.78 is 11.2. The van der Waals surface area contributed by atoms with Crippen molar-refractivity contribution in [1.29, 1.82) is 0 Å². The number of likely N-dealkylation sites (tertiary alicyclic amines) is 1. The summed E-state index contributed by atoms with van der Waals surface area (Å²) in [4.78, 5) is 27.7. The highest BCUT2D eigenvalue weighted by molar-refractivity contribution is 5.65. The molecule has 9 nitrogen and oxygen atoms in total. The van der Waals surface area contributed by atoms with Crippen molar-refractivity contribution >= 4 is 11.8 Å². The lowest BCUT2D eigenvalue weighted by atomic mass is 10.1. The van der Waals surface area contributed by atoms with E-state index in [9.17, 15) is 4.79 Å². The molecule has 4 heterocycles. The molecule has 27 heavy (non-hydrogen) atoms. The normalized spacial score (nSPS) is 18.9. The number of methoxy groups -OCH3 is 1. The van der Waals surface area contributed by atoms with Crippen molar-refractivity contribution < 1.29 is 19.4 Å². The highest BCUT2D eigenvalue weighted by Crippen LogP contribution is 2.29. The predicted octanol–water partition coefficient (Wildman–Crippen LogP) is 1.57. The van der Waals surface area contributed by atoms with Crippen molar-refractivity contribution in [2.75, 3.05) is 31.6 Å². The summed E-state index contributed by atoms with van der Waals surface area (Å²) >= 11 is 0. The first kappa shape index (κ1) is 17.3. The third-order valence-corrected chi connectivity index (χ3v) is 4.95. The van der Waals surface area contributed by atoms with Crippen LogP contribution in [0.2, 0.25) is 0 Å². The number of nitrogens with zero attached hydrogens (tertiary/aromatic N) is 5. The summed E-state index contributed by atoms with van der Waals surface area (Å²) in [6.07, 6.45) is 3.66. The van der Waals surface area contributed by atoms with E-state index >= 15 is 0 Å². The Bertz CT molecular complexity index is 829. The van der Waals surface area contributed by atoms with E-state index < -0.39 is 6.09 Å². The van der Waals surface area contributed by atoms with Crippen LogP contribution in [0.25, 0.3) is 0 Å². The Morgan fingerprint density at radius 2 is 2.15 bits per heavy atom. The van der Waals surface area contributed by atoms with Crippen LogP contribution in [-0.4, -0.2) is 63.9 Å². The standard InChI is InChI=1S/C18H21N5O4/c1-26-16-3-2-12(8-19-16)22-7-5-15-14(10-22)17(21-11-20-15)27-13-4-6-23(9-13)18(24)25/h2-3,8,11,13H,4-7,9-10H2,1H3,(H,24,25)/t13-/m0/s1. The van der Waals surface area contributed by atoms with E-state index in [1.807, 2.05) is 12.1 Å². The third kappa shape index (κ3) is 3.57. The molecule has 1 fully saturated rings. The molecule has 2 aromatic heterocycles. The molecule has 1 atom stereocenters. The molecule has 1 N–H and O–H groups in total. The summed E-state index contributed by atoms with van der Waals surface area (Å²) in [5, 5.41) is 9.11. The van der Waals surface area contributed by atoms with Crippen LogP contribution in [-0.2, 0) is 13.0 Å². The van der Waals surface area contributed by atoms with Gasteiger partial charge in [-0.2, -0.15) is 0 Å². The molecule has 0 radical (unpaired) electrons. The number of anilines is 1. The van der Waals surface area contributed by atoms with Gasteiger partial charge in [0.15, 0.2) is 0 Å². The largest absolute Gasteiger partial charge is 0.481 e. The number of rotatable bonds is 4. The minimum absolute atomic E-state index is 0.182. The molecule has 2 aliphatic heterocycles. The number of ether oxygens (including phenoxy) is 2. The number of aromatic nitrogens is 3. The van der Waals surface area contributed by atoms with Crippen LogP contribution < -0.4 is 14.4 Å². The van der Waals surface area contributed by atoms with Gasteiger partial charge >= 0.3 is 6.09 Å². The van der Waals surface area contributed by atoms with E-state index in [4.69, 9.17) is 14.6 Å². The first-order valence-corrected chi connectivity index (χ1v) is 8.86. The number of hydrogen-bond donors (Lipinski definition) is 1. The fourth-order valence-corrected chi connectivity index (χ4v) is 3.47. The Balaban J connectivity index is 1.51. The van der Waals surface area contributed by atoms with Gasteiger partial charge in [-0.3, -0.25) is 0 Å². The minimum Gasteiger partial charge on any atom is -0.481 e. The van der Waals surface area contributed by atoms with Crippen LogP contribution >= 0.6 is 0 Å². The highest BCUT2D eigenvalue weighted by atomic mass is 16.5. The Hall–Kier alpha value is -3.10. The molecule has 0 bridgehead atoms. The molecule has 142 valence electrons. The van der Waals surface area contributed by atoms with Crippen LogP contribution in [0.4, 0.5) is 10.5 Å². The second kappa shape index (κ2) is 7.26. The number of hydrogen-bond acceptors (Lipinski definition) is 7. The molecular weight excluding hydrogens is 350 g/mol. The van der Waals surface area contributed by atoms with Crippen LogP contribution in [0, 0.1) is 0 Å². The second-order valence-electron chi connectivity index (χ2n) is 6.59. The maximum Gasteiger partial charge on any atom is 0.407 e. The minimum atomic E-state index is -0.913. The molecule has 0 aliphatic carbocycles. The first-order chi connectivity index (χ1) is 13.1. The van der Waals surface area contributed by atoms with Gasteiger partial charge in [-0.15, -0.1) is 0 Å². The summed E-state index contributed by atoms with van der Waals surface area (Å²) in [6.45, 7) is 2.29. The van der Waals surface area contributed by atoms with Gasteiger partial charge in [-0.25, -0.2) is 19.7 Å². The maximum atomic E-state index is 11.1. The maximum absolute atomic E-state index is 11.1. The van der Waals surface area contributed by atoms with E-state index in [-0.39, 0.29) is 6.10 Å². The van der Waals surface area contributed by atoms with Crippen molar-refractivity contribution in [1.82, 2.24) is 19.9 Å². The predicted molar refractivity (Wildman–Crippen MR) is 96.2 cm³/mol. The number of carboxylic acid groups (broad SMARTS) is 1. The van der Waals surface area contributed by atoms with E-state index in [1.54, 1.807) is 13.3 Å². The number of carbonyl (C=O) groups is 1. The third-order valence-electron chi connectivity index (χ3n) is 4.95. The van der Waals surface area contributed by atoms with Crippen LogP contribution in [0.3, 0.4) is 0 Å². The van der Waals surface area contributed by atoms with Gasteiger partial charge in [-0.05, 0) is 6.07 Å². The zero-order chi connectivity index (χ0) is 18.8. The monoisotopic (exact) mass is 371 g/mol. The number of amides is 1. The molecule has 2 aliphatic rings. The quantitative estimate of drug-likeness (QED) is 0.864.